The summed E-state index contributed by atoms with van der Waals surface area (Å²) in [4.78, 5) is 31.0. The second kappa shape index (κ2) is 8.13. The van der Waals surface area contributed by atoms with Gasteiger partial charge in [0.1, 0.15) is 11.4 Å². The van der Waals surface area contributed by atoms with Gasteiger partial charge < -0.3 is 5.73 Å². The SMILES string of the molecule is C/C(=N\NC(N)=O)C(=O)NN=C(c1ccccn1)c1ccccn1. The minimum Gasteiger partial charge on any atom is -0.350 e. The molecule has 0 aliphatic heterocycles. The van der Waals surface area contributed by atoms with Crippen LogP contribution in [0.4, 0.5) is 4.79 Å². The summed E-state index contributed by atoms with van der Waals surface area (Å²) in [6.45, 7) is 1.40. The largest absolute Gasteiger partial charge is 0.350 e. The van der Waals surface area contributed by atoms with Gasteiger partial charge in [-0.1, -0.05) is 12.1 Å². The molecular formula is C15H15N7O2. The number of hydrogen-bond donors (Lipinski definition) is 3. The standard InChI is InChI=1S/C15H15N7O2/c1-10(19-22-15(16)24)14(23)21-20-13(11-6-2-4-8-17-11)12-7-3-5-9-18-12/h2-9H,1H3,(H,21,23)(H3,16,22,24)/b19-10+. The van der Waals surface area contributed by atoms with Crippen LogP contribution >= 0.6 is 0 Å². The van der Waals surface area contributed by atoms with Gasteiger partial charge in [-0.25, -0.2) is 15.6 Å². The van der Waals surface area contributed by atoms with Crippen molar-refractivity contribution in [2.45, 2.75) is 6.92 Å². The summed E-state index contributed by atoms with van der Waals surface area (Å²) >= 11 is 0. The highest BCUT2D eigenvalue weighted by Crippen LogP contribution is 2.05. The van der Waals surface area contributed by atoms with Crippen molar-refractivity contribution in [1.82, 2.24) is 20.8 Å². The van der Waals surface area contributed by atoms with Gasteiger partial charge in [-0.05, 0) is 31.2 Å². The highest BCUT2D eigenvalue weighted by molar-refractivity contribution is 6.38. The Labute approximate surface area is 137 Å². The van der Waals surface area contributed by atoms with E-state index in [1.807, 2.05) is 5.43 Å². The zero-order valence-electron chi connectivity index (χ0n) is 12.8. The number of carbonyl (C=O) groups is 2. The van der Waals surface area contributed by atoms with Crippen LogP contribution in [-0.4, -0.2) is 33.3 Å². The summed E-state index contributed by atoms with van der Waals surface area (Å²) in [5.41, 5.74) is 10.7. The first-order valence-electron chi connectivity index (χ1n) is 6.88. The minimum absolute atomic E-state index is 0.0149. The average Bonchev–Trinajstić information content (AvgIpc) is 2.61. The maximum atomic E-state index is 11.9. The molecule has 2 aromatic heterocycles. The molecule has 0 aromatic carbocycles. The molecule has 4 N–H and O–H groups in total. The molecule has 0 aliphatic carbocycles. The number of nitrogens with one attached hydrogen (secondary N) is 2. The quantitative estimate of drug-likeness (QED) is 0.541. The molecule has 0 unspecified atom stereocenters. The highest BCUT2D eigenvalue weighted by Gasteiger charge is 2.11. The van der Waals surface area contributed by atoms with Gasteiger partial charge >= 0.3 is 6.03 Å². The van der Waals surface area contributed by atoms with Crippen LogP contribution in [0.2, 0.25) is 0 Å². The first kappa shape index (κ1) is 16.7. The van der Waals surface area contributed by atoms with Crippen LogP contribution in [0, 0.1) is 0 Å². The molecule has 0 saturated heterocycles. The lowest BCUT2D eigenvalue weighted by atomic mass is 10.1. The average molecular weight is 325 g/mol. The van der Waals surface area contributed by atoms with E-state index >= 15 is 0 Å². The lowest BCUT2D eigenvalue weighted by Gasteiger charge is -2.06. The van der Waals surface area contributed by atoms with Crippen LogP contribution in [0.25, 0.3) is 0 Å². The van der Waals surface area contributed by atoms with E-state index in [9.17, 15) is 9.59 Å². The topological polar surface area (TPSA) is 135 Å². The monoisotopic (exact) mass is 325 g/mol. The van der Waals surface area contributed by atoms with Crippen molar-refractivity contribution in [3.63, 3.8) is 0 Å². The summed E-state index contributed by atoms with van der Waals surface area (Å²) in [6, 6.07) is 9.76. The fourth-order valence-electron chi connectivity index (χ4n) is 1.63. The molecule has 2 rings (SSSR count). The number of aromatic nitrogens is 2. The van der Waals surface area contributed by atoms with E-state index in [-0.39, 0.29) is 5.71 Å². The van der Waals surface area contributed by atoms with Gasteiger partial charge in [-0.3, -0.25) is 14.8 Å². The molecule has 0 fully saturated rings. The van der Waals surface area contributed by atoms with Crippen molar-refractivity contribution < 1.29 is 9.59 Å². The molecule has 2 heterocycles. The van der Waals surface area contributed by atoms with Gasteiger partial charge in [-0.15, -0.1) is 0 Å². The zero-order valence-corrected chi connectivity index (χ0v) is 12.8. The number of hydrogen-bond acceptors (Lipinski definition) is 6. The first-order valence-corrected chi connectivity index (χ1v) is 6.88. The van der Waals surface area contributed by atoms with Crippen LogP contribution in [-0.2, 0) is 4.79 Å². The van der Waals surface area contributed by atoms with Crippen molar-refractivity contribution in [3.8, 4) is 0 Å². The van der Waals surface area contributed by atoms with Crippen LogP contribution in [0.3, 0.4) is 0 Å². The molecule has 2 aromatic rings. The van der Waals surface area contributed by atoms with Crippen LogP contribution < -0.4 is 16.6 Å². The molecule has 0 radical (unpaired) electrons. The fraction of sp³-hybridized carbons (Fsp3) is 0.0667. The van der Waals surface area contributed by atoms with E-state index < -0.39 is 11.9 Å². The molecule has 0 saturated carbocycles. The van der Waals surface area contributed by atoms with Crippen molar-refractivity contribution in [3.05, 3.63) is 60.2 Å². The van der Waals surface area contributed by atoms with Crippen LogP contribution in [0.5, 0.6) is 0 Å². The molecule has 24 heavy (non-hydrogen) atoms. The summed E-state index contributed by atoms with van der Waals surface area (Å²) in [5, 5.41) is 7.61. The molecule has 0 spiro atoms. The highest BCUT2D eigenvalue weighted by atomic mass is 16.2. The predicted molar refractivity (Wildman–Crippen MR) is 88.1 cm³/mol. The van der Waals surface area contributed by atoms with Crippen LogP contribution in [0.1, 0.15) is 18.3 Å². The molecular weight excluding hydrogens is 310 g/mol. The maximum Gasteiger partial charge on any atom is 0.332 e. The number of urea groups is 1. The first-order chi connectivity index (χ1) is 11.6. The number of rotatable bonds is 5. The predicted octanol–water partition coefficient (Wildman–Crippen LogP) is 0.389. The second-order valence-corrected chi connectivity index (χ2v) is 4.50. The second-order valence-electron chi connectivity index (χ2n) is 4.50. The summed E-state index contributed by atoms with van der Waals surface area (Å²) in [7, 11) is 0. The van der Waals surface area contributed by atoms with Gasteiger partial charge in [0.2, 0.25) is 0 Å². The number of pyridine rings is 2. The number of nitrogens with two attached hydrogens (primary N) is 1. The van der Waals surface area contributed by atoms with E-state index in [4.69, 9.17) is 5.73 Å². The van der Waals surface area contributed by atoms with Gasteiger partial charge in [0.25, 0.3) is 5.91 Å². The van der Waals surface area contributed by atoms with E-state index in [1.165, 1.54) is 6.92 Å². The number of amides is 3. The Balaban J connectivity index is 2.25. The molecule has 9 heteroatoms. The number of primary amides is 1. The molecule has 0 bridgehead atoms. The normalized spacial score (nSPS) is 10.6. The maximum absolute atomic E-state index is 11.9. The number of nitrogens with zero attached hydrogens (tertiary/aromatic N) is 4. The fourth-order valence-corrected chi connectivity index (χ4v) is 1.63. The molecule has 3 amide bonds. The van der Waals surface area contributed by atoms with E-state index in [2.05, 4.69) is 25.6 Å². The van der Waals surface area contributed by atoms with Crippen molar-refractivity contribution in [2.75, 3.05) is 0 Å². The van der Waals surface area contributed by atoms with Gasteiger partial charge in [0.15, 0.2) is 0 Å². The van der Waals surface area contributed by atoms with Gasteiger partial charge in [0.05, 0.1) is 11.4 Å². The lowest BCUT2D eigenvalue weighted by molar-refractivity contribution is -0.114. The Morgan fingerprint density at radius 2 is 1.54 bits per heavy atom. The Morgan fingerprint density at radius 3 is 2.00 bits per heavy atom. The number of carbonyl (C=O) groups excluding carboxylic acids is 2. The Bertz CT molecular complexity index is 731. The number of hydrazone groups is 2. The Morgan fingerprint density at radius 1 is 0.958 bits per heavy atom. The van der Waals surface area contributed by atoms with Crippen molar-refractivity contribution in [1.29, 1.82) is 0 Å². The van der Waals surface area contributed by atoms with Crippen molar-refractivity contribution in [2.24, 2.45) is 15.9 Å². The third-order valence-electron chi connectivity index (χ3n) is 2.75. The van der Waals surface area contributed by atoms with Crippen molar-refractivity contribution >= 4 is 23.4 Å². The zero-order chi connectivity index (χ0) is 17.4. The molecule has 0 atom stereocenters. The Hall–Kier alpha value is -3.62. The molecule has 9 nitrogen and oxygen atoms in total. The van der Waals surface area contributed by atoms with Gasteiger partial charge in [0, 0.05) is 12.4 Å². The smallest absolute Gasteiger partial charge is 0.332 e. The Kier molecular flexibility index (Phi) is 5.67. The van der Waals surface area contributed by atoms with E-state index in [0.717, 1.165) is 0 Å². The van der Waals surface area contributed by atoms with E-state index in [1.54, 1.807) is 48.8 Å². The molecule has 0 aliphatic rings. The summed E-state index contributed by atoms with van der Waals surface area (Å²) in [6.07, 6.45) is 3.22. The summed E-state index contributed by atoms with van der Waals surface area (Å²) < 4.78 is 0. The lowest BCUT2D eigenvalue weighted by Crippen LogP contribution is -2.31. The molecule has 122 valence electrons. The summed E-state index contributed by atoms with van der Waals surface area (Å²) in [5.74, 6) is -0.604. The van der Waals surface area contributed by atoms with E-state index in [0.29, 0.717) is 17.1 Å². The third kappa shape index (κ3) is 4.70. The van der Waals surface area contributed by atoms with Gasteiger partial charge in [-0.2, -0.15) is 10.2 Å². The minimum atomic E-state index is -0.867. The van der Waals surface area contributed by atoms with Crippen LogP contribution in [0.15, 0.2) is 59.0 Å². The third-order valence-corrected chi connectivity index (χ3v) is 2.75.